The fraction of sp³-hybridized carbons (Fsp3) is 0. The molecule has 0 radical (unpaired) electrons. The number of hydrogen-bond donors (Lipinski definition) is 1. The first-order valence-electron chi connectivity index (χ1n) is 2.90. The molecule has 0 fully saturated rings. The maximum absolute atomic E-state index is 3.10. The van der Waals surface area contributed by atoms with Crippen LogP contribution in [0.5, 0.6) is 0 Å². The predicted molar refractivity (Wildman–Crippen MR) is 37.1 cm³/mol. The second kappa shape index (κ2) is 3.31. The van der Waals surface area contributed by atoms with E-state index in [-0.39, 0.29) is 32.7 Å². The molecule has 0 saturated heterocycles. The summed E-state index contributed by atoms with van der Waals surface area (Å²) in [6, 6.07) is 10.9. The number of benzene rings is 1. The van der Waals surface area contributed by atoms with E-state index in [0.717, 1.165) is 0 Å². The summed E-state index contributed by atoms with van der Waals surface area (Å²) in [5, 5.41) is 1.22. The van der Waals surface area contributed by atoms with Gasteiger partial charge in [0, 0.05) is 0 Å². The average molecular weight is 205 g/mol. The predicted octanol–water partition coefficient (Wildman–Crippen LogP) is 1.97. The monoisotopic (exact) mass is 205 g/mol. The summed E-state index contributed by atoms with van der Waals surface area (Å²) in [6.45, 7) is 0. The van der Waals surface area contributed by atoms with E-state index in [1.54, 1.807) is 0 Å². The number of aromatic amines is 1. The minimum absolute atomic E-state index is 0. The van der Waals surface area contributed by atoms with Crippen molar-refractivity contribution in [3.05, 3.63) is 36.5 Å². The van der Waals surface area contributed by atoms with Crippen LogP contribution < -0.4 is 0 Å². The molecule has 1 nitrogen and oxygen atoms in total. The number of H-pyrrole nitrogens is 1. The zero-order chi connectivity index (χ0) is 6.10. The quantitative estimate of drug-likeness (QED) is 0.633. The number of hydrogen-bond acceptors (Lipinski definition) is 0. The van der Waals surface area contributed by atoms with Crippen molar-refractivity contribution in [2.24, 2.45) is 0 Å². The van der Waals surface area contributed by atoms with E-state index < -0.39 is 0 Å². The third-order valence-electron chi connectivity index (χ3n) is 1.40. The number of nitrogens with one attached hydrogen (secondary N) is 1. The normalized spacial score (nSPS) is 9.20. The molecule has 1 heterocycles. The summed E-state index contributed by atoms with van der Waals surface area (Å²) >= 11 is 0. The van der Waals surface area contributed by atoms with Crippen molar-refractivity contribution in [3.8, 4) is 0 Å². The van der Waals surface area contributed by atoms with Crippen LogP contribution in [0.15, 0.2) is 30.5 Å². The molecule has 0 saturated carbocycles. The van der Waals surface area contributed by atoms with Gasteiger partial charge in [0.05, 0.1) is 0 Å². The molecule has 0 aliphatic carbocycles. The fourth-order valence-electron chi connectivity index (χ4n) is 0.934. The van der Waals surface area contributed by atoms with Gasteiger partial charge in [-0.2, -0.15) is 18.2 Å². The molecule has 44 valence electrons. The Balaban J connectivity index is 0.000000500. The van der Waals surface area contributed by atoms with E-state index in [1.807, 2.05) is 30.5 Å². The molecule has 1 aromatic carbocycles. The van der Waals surface area contributed by atoms with Crippen molar-refractivity contribution >= 4 is 10.9 Å². The van der Waals surface area contributed by atoms with Gasteiger partial charge in [0.2, 0.25) is 0 Å². The molecule has 0 aliphatic rings. The first-order chi connectivity index (χ1) is 4.47. The summed E-state index contributed by atoms with van der Waals surface area (Å²) in [4.78, 5) is 3.10. The maximum Gasteiger partial charge on any atom is 3.00 e. The van der Waals surface area contributed by atoms with Gasteiger partial charge in [0.15, 0.2) is 0 Å². The van der Waals surface area contributed by atoms with Crippen LogP contribution in [0.3, 0.4) is 0 Å². The molecule has 0 atom stereocenters. The molecule has 0 spiro atoms. The van der Waals surface area contributed by atoms with Crippen molar-refractivity contribution in [3.63, 3.8) is 0 Å². The number of fused-ring (bicyclic) bond motifs is 1. The standard InChI is InChI=1S/C8H6N.Y/c1-2-4-8-7(3-1)5-6-9-8;/h2-6,9H;/q-1;+3. The first-order valence-corrected chi connectivity index (χ1v) is 2.90. The van der Waals surface area contributed by atoms with Crippen molar-refractivity contribution < 1.29 is 32.7 Å². The van der Waals surface area contributed by atoms with E-state index in [9.17, 15) is 0 Å². The van der Waals surface area contributed by atoms with Crippen LogP contribution in [-0.2, 0) is 32.7 Å². The Hall–Kier alpha value is -0.136. The molecule has 2 heteroatoms. The van der Waals surface area contributed by atoms with E-state index in [2.05, 4.69) is 11.1 Å². The van der Waals surface area contributed by atoms with Gasteiger partial charge in [-0.25, -0.2) is 0 Å². The minimum atomic E-state index is 0. The van der Waals surface area contributed by atoms with Crippen LogP contribution in [0.1, 0.15) is 0 Å². The largest absolute Gasteiger partial charge is 3.00 e. The molecule has 2 rings (SSSR count). The van der Waals surface area contributed by atoms with E-state index in [0.29, 0.717) is 0 Å². The Bertz CT molecular complexity index is 283. The van der Waals surface area contributed by atoms with E-state index in [1.165, 1.54) is 10.9 Å². The fourth-order valence-corrected chi connectivity index (χ4v) is 0.934. The Morgan fingerprint density at radius 2 is 2.20 bits per heavy atom. The minimum Gasteiger partial charge on any atom is -0.384 e. The Morgan fingerprint density at radius 1 is 1.30 bits per heavy atom. The molecule has 0 aliphatic heterocycles. The topological polar surface area (TPSA) is 15.8 Å². The second-order valence-electron chi connectivity index (χ2n) is 1.99. The van der Waals surface area contributed by atoms with Gasteiger partial charge >= 0.3 is 32.7 Å². The van der Waals surface area contributed by atoms with Gasteiger partial charge in [-0.05, 0) is 6.20 Å². The molecule has 0 amide bonds. The smallest absolute Gasteiger partial charge is 0.384 e. The average Bonchev–Trinajstić information content (AvgIpc) is 2.33. The van der Waals surface area contributed by atoms with Crippen molar-refractivity contribution in [2.45, 2.75) is 0 Å². The van der Waals surface area contributed by atoms with Crippen LogP contribution in [0.25, 0.3) is 10.9 Å². The van der Waals surface area contributed by atoms with Crippen LogP contribution in [-0.4, -0.2) is 4.98 Å². The molecule has 0 bridgehead atoms. The molecule has 10 heavy (non-hydrogen) atoms. The summed E-state index contributed by atoms with van der Waals surface area (Å²) < 4.78 is 0. The Morgan fingerprint density at radius 3 is 3.00 bits per heavy atom. The Kier molecular flexibility index (Phi) is 2.64. The second-order valence-corrected chi connectivity index (χ2v) is 1.99. The van der Waals surface area contributed by atoms with Gasteiger partial charge < -0.3 is 4.98 Å². The van der Waals surface area contributed by atoms with Crippen molar-refractivity contribution in [1.29, 1.82) is 0 Å². The van der Waals surface area contributed by atoms with Gasteiger partial charge in [-0.15, -0.1) is 11.5 Å². The number of aromatic nitrogens is 1. The summed E-state index contributed by atoms with van der Waals surface area (Å²) in [5.41, 5.74) is 1.17. The van der Waals surface area contributed by atoms with Crippen molar-refractivity contribution in [2.75, 3.05) is 0 Å². The zero-order valence-electron chi connectivity index (χ0n) is 5.46. The molecular formula is C8H6NY+2. The first kappa shape index (κ1) is 7.97. The van der Waals surface area contributed by atoms with Crippen LogP contribution in [0.2, 0.25) is 0 Å². The van der Waals surface area contributed by atoms with Gasteiger partial charge in [0.1, 0.15) is 0 Å². The Labute approximate surface area is 84.7 Å². The van der Waals surface area contributed by atoms with E-state index in [4.69, 9.17) is 0 Å². The zero-order valence-corrected chi connectivity index (χ0v) is 8.30. The maximum atomic E-state index is 3.10. The molecule has 1 N–H and O–H groups in total. The third-order valence-corrected chi connectivity index (χ3v) is 1.40. The van der Waals surface area contributed by atoms with Crippen LogP contribution in [0, 0.1) is 6.07 Å². The summed E-state index contributed by atoms with van der Waals surface area (Å²) in [5.74, 6) is 0. The van der Waals surface area contributed by atoms with E-state index >= 15 is 0 Å². The van der Waals surface area contributed by atoms with Gasteiger partial charge in [0.25, 0.3) is 0 Å². The number of rotatable bonds is 0. The SMILES string of the molecule is [Y+3].[c-]1ccc2[nH]ccc2c1. The molecule has 1 aromatic heterocycles. The van der Waals surface area contributed by atoms with Crippen LogP contribution >= 0.6 is 0 Å². The van der Waals surface area contributed by atoms with Gasteiger partial charge in [-0.1, -0.05) is 11.6 Å². The van der Waals surface area contributed by atoms with Crippen LogP contribution in [0.4, 0.5) is 0 Å². The summed E-state index contributed by atoms with van der Waals surface area (Å²) in [7, 11) is 0. The molecular weight excluding hydrogens is 199 g/mol. The van der Waals surface area contributed by atoms with Crippen molar-refractivity contribution in [1.82, 2.24) is 4.98 Å². The summed E-state index contributed by atoms with van der Waals surface area (Å²) in [6.07, 6.45) is 1.93. The van der Waals surface area contributed by atoms with Gasteiger partial charge in [-0.3, -0.25) is 0 Å². The molecule has 2 aromatic rings. The third kappa shape index (κ3) is 1.30. The molecule has 0 unspecified atom stereocenters.